The summed E-state index contributed by atoms with van der Waals surface area (Å²) in [5.74, 6) is -0.998. The second-order valence-electron chi connectivity index (χ2n) is 2.27. The minimum absolute atomic E-state index is 0.164. The molecule has 2 nitrogen and oxygen atoms in total. The van der Waals surface area contributed by atoms with E-state index < -0.39 is 5.97 Å². The summed E-state index contributed by atoms with van der Waals surface area (Å²) in [5.41, 5.74) is 0.164. The Balaban J connectivity index is 3.38. The van der Waals surface area contributed by atoms with Gasteiger partial charge in [-0.3, -0.25) is 0 Å². The minimum Gasteiger partial charge on any atom is -0.478 e. The van der Waals surface area contributed by atoms with Gasteiger partial charge in [-0.15, -0.1) is 11.8 Å². The third-order valence-corrected chi connectivity index (χ3v) is 2.97. The summed E-state index contributed by atoms with van der Waals surface area (Å²) in [5, 5.41) is 9.11. The van der Waals surface area contributed by atoms with Crippen molar-refractivity contribution in [3.8, 4) is 0 Å². The van der Waals surface area contributed by atoms with E-state index in [1.54, 1.807) is 12.1 Å². The second kappa shape index (κ2) is 4.35. The Morgan fingerprint density at radius 1 is 1.62 bits per heavy atom. The number of hydrogen-bond donors (Lipinski definition) is 1. The molecule has 0 spiro atoms. The summed E-state index contributed by atoms with van der Waals surface area (Å²) in [6.07, 6.45) is 1.81. The average Bonchev–Trinajstić information content (AvgIpc) is 2.01. The summed E-state index contributed by atoms with van der Waals surface area (Å²) in [6, 6.07) is 3.31. The molecule has 0 saturated carbocycles. The van der Waals surface area contributed by atoms with E-state index in [0.717, 1.165) is 4.47 Å². The maximum atomic E-state index is 10.8. The summed E-state index contributed by atoms with van der Waals surface area (Å²) >= 11 is 10.4. The van der Waals surface area contributed by atoms with Crippen molar-refractivity contribution in [3.63, 3.8) is 0 Å². The summed E-state index contributed by atoms with van der Waals surface area (Å²) in [7, 11) is 0. The normalized spacial score (nSPS) is 10.1. The van der Waals surface area contributed by atoms with Crippen LogP contribution in [0.4, 0.5) is 0 Å². The van der Waals surface area contributed by atoms with Crippen LogP contribution in [0.5, 0.6) is 0 Å². The molecule has 0 fully saturated rings. The van der Waals surface area contributed by atoms with E-state index in [1.807, 2.05) is 6.26 Å². The van der Waals surface area contributed by atoms with Gasteiger partial charge >= 0.3 is 5.97 Å². The molecule has 0 atom stereocenters. The third-order valence-electron chi connectivity index (χ3n) is 1.45. The lowest BCUT2D eigenvalue weighted by molar-refractivity contribution is 0.0693. The Hall–Kier alpha value is -0.190. The fourth-order valence-corrected chi connectivity index (χ4v) is 2.66. The van der Waals surface area contributed by atoms with Crippen molar-refractivity contribution in [2.75, 3.05) is 6.26 Å². The number of thioether (sulfide) groups is 1. The molecule has 1 aromatic rings. The Kier molecular flexibility index (Phi) is 3.64. The topological polar surface area (TPSA) is 37.3 Å². The van der Waals surface area contributed by atoms with E-state index in [2.05, 4.69) is 15.9 Å². The van der Waals surface area contributed by atoms with Gasteiger partial charge in [0.1, 0.15) is 0 Å². The Bertz CT molecular complexity index is 354. The number of carbonyl (C=O) groups is 1. The fourth-order valence-electron chi connectivity index (χ4n) is 0.919. The van der Waals surface area contributed by atoms with E-state index in [0.29, 0.717) is 4.90 Å². The van der Waals surface area contributed by atoms with Crippen LogP contribution in [0, 0.1) is 0 Å². The van der Waals surface area contributed by atoms with Crippen molar-refractivity contribution in [2.45, 2.75) is 4.90 Å². The first kappa shape index (κ1) is 10.9. The van der Waals surface area contributed by atoms with Crippen molar-refractivity contribution < 1.29 is 9.90 Å². The molecule has 0 aliphatic rings. The molecule has 0 radical (unpaired) electrons. The Labute approximate surface area is 93.4 Å². The van der Waals surface area contributed by atoms with Crippen LogP contribution in [0.3, 0.4) is 0 Å². The highest BCUT2D eigenvalue weighted by atomic mass is 79.9. The molecule has 13 heavy (non-hydrogen) atoms. The van der Waals surface area contributed by atoms with Crippen molar-refractivity contribution in [1.82, 2.24) is 0 Å². The van der Waals surface area contributed by atoms with Gasteiger partial charge in [-0.05, 0) is 18.4 Å². The summed E-state index contributed by atoms with van der Waals surface area (Å²) < 4.78 is 0.784. The van der Waals surface area contributed by atoms with Gasteiger partial charge in [0.15, 0.2) is 0 Å². The van der Waals surface area contributed by atoms with E-state index >= 15 is 0 Å². The maximum Gasteiger partial charge on any atom is 0.338 e. The zero-order chi connectivity index (χ0) is 10.0. The zero-order valence-corrected chi connectivity index (χ0v) is 9.83. The SMILES string of the molecule is CSc1cc(Br)cc(Cl)c1C(=O)O. The highest BCUT2D eigenvalue weighted by Gasteiger charge is 2.14. The number of benzene rings is 1. The monoisotopic (exact) mass is 280 g/mol. The van der Waals surface area contributed by atoms with Crippen LogP contribution in [-0.4, -0.2) is 17.3 Å². The first-order chi connectivity index (χ1) is 6.06. The quantitative estimate of drug-likeness (QED) is 0.843. The molecule has 5 heteroatoms. The van der Waals surface area contributed by atoms with E-state index in [9.17, 15) is 4.79 Å². The molecule has 0 amide bonds. The Morgan fingerprint density at radius 3 is 2.69 bits per heavy atom. The van der Waals surface area contributed by atoms with Crippen molar-refractivity contribution >= 4 is 45.3 Å². The molecule has 1 rings (SSSR count). The molecule has 0 aliphatic carbocycles. The highest BCUT2D eigenvalue weighted by molar-refractivity contribution is 9.10. The predicted molar refractivity (Wildman–Crippen MR) is 57.9 cm³/mol. The molecule has 0 bridgehead atoms. The number of carboxylic acids is 1. The molecular weight excluding hydrogens is 276 g/mol. The average molecular weight is 282 g/mol. The molecule has 0 unspecified atom stereocenters. The number of halogens is 2. The largest absolute Gasteiger partial charge is 0.478 e. The summed E-state index contributed by atoms with van der Waals surface area (Å²) in [6.45, 7) is 0. The van der Waals surface area contributed by atoms with Gasteiger partial charge in [-0.2, -0.15) is 0 Å². The van der Waals surface area contributed by atoms with Crippen LogP contribution in [0.15, 0.2) is 21.5 Å². The molecule has 0 saturated heterocycles. The van der Waals surface area contributed by atoms with Crippen LogP contribution >= 0.6 is 39.3 Å². The third kappa shape index (κ3) is 2.39. The van der Waals surface area contributed by atoms with Crippen LogP contribution in [0.1, 0.15) is 10.4 Å². The number of carboxylic acid groups (broad SMARTS) is 1. The van der Waals surface area contributed by atoms with E-state index in [4.69, 9.17) is 16.7 Å². The lowest BCUT2D eigenvalue weighted by Crippen LogP contribution is -1.99. The van der Waals surface area contributed by atoms with Crippen LogP contribution < -0.4 is 0 Å². The maximum absolute atomic E-state index is 10.8. The van der Waals surface area contributed by atoms with Crippen molar-refractivity contribution in [2.24, 2.45) is 0 Å². The molecule has 0 aromatic heterocycles. The number of rotatable bonds is 2. The first-order valence-electron chi connectivity index (χ1n) is 3.32. The molecule has 0 heterocycles. The van der Waals surface area contributed by atoms with Gasteiger partial charge in [0.2, 0.25) is 0 Å². The molecule has 1 aromatic carbocycles. The standard InChI is InChI=1S/C8H6BrClO2S/c1-13-6-3-4(9)2-5(10)7(6)8(11)12/h2-3H,1H3,(H,11,12). The fraction of sp³-hybridized carbons (Fsp3) is 0.125. The highest BCUT2D eigenvalue weighted by Crippen LogP contribution is 2.31. The molecule has 0 aliphatic heterocycles. The lowest BCUT2D eigenvalue weighted by Gasteiger charge is -2.05. The van der Waals surface area contributed by atoms with Gasteiger partial charge in [-0.25, -0.2) is 4.79 Å². The lowest BCUT2D eigenvalue weighted by atomic mass is 10.2. The van der Waals surface area contributed by atoms with Crippen molar-refractivity contribution in [3.05, 3.63) is 27.2 Å². The van der Waals surface area contributed by atoms with Crippen molar-refractivity contribution in [1.29, 1.82) is 0 Å². The van der Waals surface area contributed by atoms with Gasteiger partial charge < -0.3 is 5.11 Å². The number of hydrogen-bond acceptors (Lipinski definition) is 2. The first-order valence-corrected chi connectivity index (χ1v) is 5.72. The second-order valence-corrected chi connectivity index (χ2v) is 4.44. The summed E-state index contributed by atoms with van der Waals surface area (Å²) in [4.78, 5) is 11.5. The predicted octanol–water partition coefficient (Wildman–Crippen LogP) is 3.52. The minimum atomic E-state index is -0.998. The van der Waals surface area contributed by atoms with Gasteiger partial charge in [0, 0.05) is 9.37 Å². The zero-order valence-electron chi connectivity index (χ0n) is 6.67. The number of aromatic carboxylic acids is 1. The van der Waals surface area contributed by atoms with Gasteiger partial charge in [0.25, 0.3) is 0 Å². The van der Waals surface area contributed by atoms with Gasteiger partial charge in [0.05, 0.1) is 10.6 Å². The Morgan fingerprint density at radius 2 is 2.23 bits per heavy atom. The molecule has 70 valence electrons. The van der Waals surface area contributed by atoms with Crippen LogP contribution in [0.2, 0.25) is 5.02 Å². The smallest absolute Gasteiger partial charge is 0.338 e. The van der Waals surface area contributed by atoms with Crippen LogP contribution in [0.25, 0.3) is 0 Å². The molecule has 1 N–H and O–H groups in total. The molecular formula is C8H6BrClO2S. The van der Waals surface area contributed by atoms with E-state index in [-0.39, 0.29) is 10.6 Å². The van der Waals surface area contributed by atoms with E-state index in [1.165, 1.54) is 11.8 Å². The van der Waals surface area contributed by atoms with Crippen LogP contribution in [-0.2, 0) is 0 Å². The van der Waals surface area contributed by atoms with Gasteiger partial charge in [-0.1, -0.05) is 27.5 Å².